The lowest BCUT2D eigenvalue weighted by Gasteiger charge is -2.45. The van der Waals surface area contributed by atoms with E-state index in [0.29, 0.717) is 17.7 Å². The number of benzene rings is 1. The minimum atomic E-state index is -0.950. The van der Waals surface area contributed by atoms with Crippen LogP contribution < -0.4 is 15.5 Å². The smallest absolute Gasteiger partial charge is 0.264 e. The Balaban J connectivity index is 1.40. The van der Waals surface area contributed by atoms with Crippen LogP contribution in [-0.4, -0.2) is 73.0 Å². The summed E-state index contributed by atoms with van der Waals surface area (Å²) in [6.45, 7) is 3.84. The monoisotopic (exact) mass is 412 g/mol. The molecule has 1 aromatic rings. The van der Waals surface area contributed by atoms with E-state index in [4.69, 9.17) is 4.74 Å². The lowest BCUT2D eigenvalue weighted by atomic mass is 9.89. The molecule has 1 aromatic carbocycles. The second-order valence-corrected chi connectivity index (χ2v) is 8.34. The first kappa shape index (κ1) is 19.2. The van der Waals surface area contributed by atoms with Gasteiger partial charge < -0.3 is 15.0 Å². The molecule has 4 aliphatic heterocycles. The van der Waals surface area contributed by atoms with Gasteiger partial charge in [0.1, 0.15) is 6.04 Å². The van der Waals surface area contributed by atoms with Gasteiger partial charge in [-0.15, -0.1) is 0 Å². The Morgan fingerprint density at radius 3 is 2.57 bits per heavy atom. The number of anilines is 1. The molecule has 4 aliphatic rings. The number of morpholine rings is 1. The minimum Gasteiger partial charge on any atom is -0.372 e. The largest absolute Gasteiger partial charge is 0.372 e. The molecule has 9 heteroatoms. The van der Waals surface area contributed by atoms with E-state index in [1.807, 2.05) is 6.07 Å². The Kier molecular flexibility index (Phi) is 4.59. The van der Waals surface area contributed by atoms with Crippen LogP contribution in [-0.2, 0) is 14.3 Å². The van der Waals surface area contributed by atoms with Gasteiger partial charge in [-0.25, -0.2) is 0 Å². The summed E-state index contributed by atoms with van der Waals surface area (Å²) in [5.74, 6) is -1.91. The van der Waals surface area contributed by atoms with Crippen LogP contribution >= 0.6 is 0 Å². The van der Waals surface area contributed by atoms with Crippen molar-refractivity contribution in [2.24, 2.45) is 0 Å². The Hall–Kier alpha value is -2.78. The third-order valence-corrected chi connectivity index (χ3v) is 6.60. The number of piperidine rings is 2. The van der Waals surface area contributed by atoms with Crippen LogP contribution in [0.15, 0.2) is 18.2 Å². The number of amides is 4. The highest BCUT2D eigenvalue weighted by atomic mass is 16.5. The predicted molar refractivity (Wildman–Crippen MR) is 106 cm³/mol. The molecule has 9 nitrogen and oxygen atoms in total. The van der Waals surface area contributed by atoms with Gasteiger partial charge in [-0.1, -0.05) is 6.07 Å². The summed E-state index contributed by atoms with van der Waals surface area (Å²) in [4.78, 5) is 53.2. The summed E-state index contributed by atoms with van der Waals surface area (Å²) < 4.78 is 6.05. The van der Waals surface area contributed by atoms with Crippen molar-refractivity contribution < 1.29 is 23.9 Å². The number of nitrogens with one attached hydrogen (secondary N) is 2. The first-order valence-electron chi connectivity index (χ1n) is 10.4. The van der Waals surface area contributed by atoms with Gasteiger partial charge in [0.25, 0.3) is 11.8 Å². The number of hydrogen-bond acceptors (Lipinski definition) is 7. The molecule has 3 saturated heterocycles. The van der Waals surface area contributed by atoms with Gasteiger partial charge in [-0.3, -0.25) is 29.4 Å². The van der Waals surface area contributed by atoms with Gasteiger partial charge in [0.2, 0.25) is 11.8 Å². The third kappa shape index (κ3) is 3.00. The van der Waals surface area contributed by atoms with Gasteiger partial charge in [0.15, 0.2) is 0 Å². The van der Waals surface area contributed by atoms with E-state index in [-0.39, 0.29) is 24.3 Å². The summed E-state index contributed by atoms with van der Waals surface area (Å²) in [6, 6.07) is 4.31. The molecule has 0 aromatic heterocycles. The molecule has 2 N–H and O–H groups in total. The van der Waals surface area contributed by atoms with Crippen molar-refractivity contribution in [2.45, 2.75) is 37.3 Å². The van der Waals surface area contributed by atoms with Crippen molar-refractivity contribution in [3.05, 3.63) is 29.3 Å². The highest BCUT2D eigenvalue weighted by molar-refractivity contribution is 6.25. The number of fused-ring (bicyclic) bond motifs is 1. The first-order valence-corrected chi connectivity index (χ1v) is 10.4. The highest BCUT2D eigenvalue weighted by Gasteiger charge is 2.46. The fraction of sp³-hybridized carbons (Fsp3) is 0.524. The molecule has 30 heavy (non-hydrogen) atoms. The van der Waals surface area contributed by atoms with Crippen LogP contribution in [0.3, 0.4) is 0 Å². The SMILES string of the molecule is O=C1CCC(N2C(=O)c3cccc(N4CCC5(CC4)CNCCO5)c3C2=O)C(=O)N1. The van der Waals surface area contributed by atoms with Crippen molar-refractivity contribution in [1.82, 2.24) is 15.5 Å². The summed E-state index contributed by atoms with van der Waals surface area (Å²) in [5, 5.41) is 5.62. The quantitative estimate of drug-likeness (QED) is 0.661. The molecular weight excluding hydrogens is 388 g/mol. The number of rotatable bonds is 2. The van der Waals surface area contributed by atoms with Crippen molar-refractivity contribution in [2.75, 3.05) is 37.7 Å². The number of imide groups is 2. The molecule has 5 rings (SSSR count). The fourth-order valence-electron chi connectivity index (χ4n) is 4.94. The van der Waals surface area contributed by atoms with E-state index < -0.39 is 23.8 Å². The van der Waals surface area contributed by atoms with Gasteiger partial charge in [-0.05, 0) is 31.4 Å². The van der Waals surface area contributed by atoms with Gasteiger partial charge in [-0.2, -0.15) is 0 Å². The molecule has 3 fully saturated rings. The minimum absolute atomic E-state index is 0.110. The van der Waals surface area contributed by atoms with E-state index in [1.54, 1.807) is 12.1 Å². The zero-order valence-electron chi connectivity index (χ0n) is 16.6. The van der Waals surface area contributed by atoms with E-state index in [1.165, 1.54) is 0 Å². The summed E-state index contributed by atoms with van der Waals surface area (Å²) >= 11 is 0. The normalized spacial score (nSPS) is 26.2. The predicted octanol–water partition coefficient (Wildman–Crippen LogP) is 0.0466. The number of ether oxygens (including phenoxy) is 1. The average Bonchev–Trinajstić information content (AvgIpc) is 3.00. The van der Waals surface area contributed by atoms with Crippen LogP contribution in [0.4, 0.5) is 5.69 Å². The van der Waals surface area contributed by atoms with Crippen molar-refractivity contribution in [1.29, 1.82) is 0 Å². The van der Waals surface area contributed by atoms with Gasteiger partial charge in [0.05, 0.1) is 29.0 Å². The molecule has 4 amide bonds. The second kappa shape index (κ2) is 7.17. The van der Waals surface area contributed by atoms with Crippen LogP contribution in [0.1, 0.15) is 46.4 Å². The molecule has 1 spiro atoms. The van der Waals surface area contributed by atoms with Gasteiger partial charge in [0, 0.05) is 32.6 Å². The maximum absolute atomic E-state index is 13.3. The molecular formula is C21H24N4O5. The van der Waals surface area contributed by atoms with Crippen LogP contribution in [0, 0.1) is 0 Å². The molecule has 0 radical (unpaired) electrons. The first-order chi connectivity index (χ1) is 14.5. The standard InChI is InChI=1S/C21H24N4O5/c26-16-5-4-15(18(27)23-16)25-19(28)13-2-1-3-14(17(13)20(25)29)24-9-6-21(7-10-24)12-22-8-11-30-21/h1-3,15,22H,4-12H2,(H,23,26,27). The zero-order chi connectivity index (χ0) is 20.9. The third-order valence-electron chi connectivity index (χ3n) is 6.60. The Labute approximate surface area is 173 Å². The van der Waals surface area contributed by atoms with E-state index in [2.05, 4.69) is 15.5 Å². The Bertz CT molecular complexity index is 929. The topological polar surface area (TPSA) is 108 Å². The lowest BCUT2D eigenvalue weighted by Crippen LogP contribution is -2.56. The molecule has 0 bridgehead atoms. The van der Waals surface area contributed by atoms with Gasteiger partial charge >= 0.3 is 0 Å². The maximum Gasteiger partial charge on any atom is 0.264 e. The summed E-state index contributed by atoms with van der Waals surface area (Å²) in [6.07, 6.45) is 1.94. The zero-order valence-corrected chi connectivity index (χ0v) is 16.6. The van der Waals surface area contributed by atoms with E-state index in [9.17, 15) is 19.2 Å². The molecule has 0 aliphatic carbocycles. The molecule has 4 heterocycles. The fourth-order valence-corrected chi connectivity index (χ4v) is 4.94. The summed E-state index contributed by atoms with van der Waals surface area (Å²) in [7, 11) is 0. The number of carbonyl (C=O) groups excluding carboxylic acids is 4. The van der Waals surface area contributed by atoms with Crippen molar-refractivity contribution in [3.63, 3.8) is 0 Å². The molecule has 1 unspecified atom stereocenters. The van der Waals surface area contributed by atoms with E-state index >= 15 is 0 Å². The highest BCUT2D eigenvalue weighted by Crippen LogP contribution is 2.37. The molecule has 1 atom stereocenters. The summed E-state index contributed by atoms with van der Waals surface area (Å²) in [5.41, 5.74) is 1.23. The molecule has 0 saturated carbocycles. The van der Waals surface area contributed by atoms with E-state index in [0.717, 1.165) is 49.6 Å². The molecule has 158 valence electrons. The van der Waals surface area contributed by atoms with Crippen LogP contribution in [0.5, 0.6) is 0 Å². The van der Waals surface area contributed by atoms with Crippen LogP contribution in [0.25, 0.3) is 0 Å². The number of hydrogen-bond donors (Lipinski definition) is 2. The Morgan fingerprint density at radius 1 is 1.07 bits per heavy atom. The van der Waals surface area contributed by atoms with Crippen molar-refractivity contribution >= 4 is 29.3 Å². The average molecular weight is 412 g/mol. The Morgan fingerprint density at radius 2 is 1.87 bits per heavy atom. The second-order valence-electron chi connectivity index (χ2n) is 8.34. The maximum atomic E-state index is 13.3. The number of carbonyl (C=O) groups is 4. The van der Waals surface area contributed by atoms with Crippen LogP contribution in [0.2, 0.25) is 0 Å². The van der Waals surface area contributed by atoms with Crippen molar-refractivity contribution in [3.8, 4) is 0 Å². The number of nitrogens with zero attached hydrogens (tertiary/aromatic N) is 2. The lowest BCUT2D eigenvalue weighted by molar-refractivity contribution is -0.136.